The van der Waals surface area contributed by atoms with Crippen molar-refractivity contribution < 1.29 is 4.79 Å². The highest BCUT2D eigenvalue weighted by atomic mass is 79.9. The van der Waals surface area contributed by atoms with Gasteiger partial charge in [0.05, 0.1) is 18.4 Å². The molecule has 6 nitrogen and oxygen atoms in total. The van der Waals surface area contributed by atoms with Crippen molar-refractivity contribution in [3.63, 3.8) is 0 Å². The lowest BCUT2D eigenvalue weighted by molar-refractivity contribution is -0.122. The molecule has 0 bridgehead atoms. The van der Waals surface area contributed by atoms with E-state index >= 15 is 0 Å². The van der Waals surface area contributed by atoms with Gasteiger partial charge >= 0.3 is 0 Å². The molecule has 0 fully saturated rings. The average Bonchev–Trinajstić information content (AvgIpc) is 2.36. The average molecular weight is 357 g/mol. The first-order chi connectivity index (χ1) is 9.65. The van der Waals surface area contributed by atoms with Crippen molar-refractivity contribution in [2.45, 2.75) is 45.8 Å². The Balaban J connectivity index is 2.89. The molecular formula is C14H21BrN4O2. The number of nitrogens with zero attached hydrogens (tertiary/aromatic N) is 2. The molecule has 0 saturated heterocycles. The Morgan fingerprint density at radius 3 is 2.71 bits per heavy atom. The zero-order valence-electron chi connectivity index (χ0n) is 12.7. The minimum absolute atomic E-state index is 0.148. The lowest BCUT2D eigenvalue weighted by atomic mass is 10.1. The molecule has 0 aromatic carbocycles. The second kappa shape index (κ2) is 6.89. The summed E-state index contributed by atoms with van der Waals surface area (Å²) in [6, 6.07) is -0.489. The van der Waals surface area contributed by atoms with E-state index in [-0.39, 0.29) is 17.0 Å². The fourth-order valence-corrected chi connectivity index (χ4v) is 2.02. The molecule has 1 aromatic rings. The quantitative estimate of drug-likeness (QED) is 0.790. The van der Waals surface area contributed by atoms with Crippen molar-refractivity contribution in [1.82, 2.24) is 15.1 Å². The van der Waals surface area contributed by atoms with Crippen LogP contribution in [0.3, 0.4) is 0 Å². The second-order valence-corrected chi connectivity index (χ2v) is 6.55. The number of halogens is 1. The second-order valence-electron chi connectivity index (χ2n) is 5.75. The highest BCUT2D eigenvalue weighted by Gasteiger charge is 2.20. The molecule has 0 aliphatic heterocycles. The minimum atomic E-state index is -0.489. The van der Waals surface area contributed by atoms with Gasteiger partial charge in [-0.3, -0.25) is 9.59 Å². The molecule has 0 radical (unpaired) electrons. The fourth-order valence-electron chi connectivity index (χ4n) is 1.59. The summed E-state index contributed by atoms with van der Waals surface area (Å²) in [6.45, 7) is 11.4. The monoisotopic (exact) mass is 356 g/mol. The van der Waals surface area contributed by atoms with Gasteiger partial charge in [0.2, 0.25) is 5.91 Å². The van der Waals surface area contributed by atoms with Gasteiger partial charge in [-0.15, -0.1) is 6.58 Å². The summed E-state index contributed by atoms with van der Waals surface area (Å²) >= 11 is 3.24. The van der Waals surface area contributed by atoms with Crippen molar-refractivity contribution in [1.29, 1.82) is 0 Å². The maximum absolute atomic E-state index is 12.0. The summed E-state index contributed by atoms with van der Waals surface area (Å²) in [6.07, 6.45) is 3.10. The molecule has 1 atom stereocenters. The van der Waals surface area contributed by atoms with E-state index in [0.29, 0.717) is 16.7 Å². The topological polar surface area (TPSA) is 76.0 Å². The van der Waals surface area contributed by atoms with E-state index < -0.39 is 6.04 Å². The molecular weight excluding hydrogens is 336 g/mol. The maximum atomic E-state index is 12.0. The van der Waals surface area contributed by atoms with Crippen LogP contribution >= 0.6 is 15.9 Å². The standard InChI is InChI=1S/C14H21BrN4O2/c1-6-7-19-13(21)11(15)10(8-16-19)17-9(2)12(20)18-14(3,4)5/h6,8-9,17H,1,7H2,2-5H3,(H,18,20). The van der Waals surface area contributed by atoms with E-state index in [1.165, 1.54) is 10.9 Å². The number of allylic oxidation sites excluding steroid dienone is 1. The molecule has 1 aromatic heterocycles. The Morgan fingerprint density at radius 1 is 1.57 bits per heavy atom. The summed E-state index contributed by atoms with van der Waals surface area (Å²) in [4.78, 5) is 24.0. The van der Waals surface area contributed by atoms with E-state index in [9.17, 15) is 9.59 Å². The predicted molar refractivity (Wildman–Crippen MR) is 87.4 cm³/mol. The summed E-state index contributed by atoms with van der Waals surface area (Å²) in [5, 5.41) is 9.88. The van der Waals surface area contributed by atoms with Crippen molar-refractivity contribution in [3.8, 4) is 0 Å². The molecule has 1 amide bonds. The Kier molecular flexibility index (Phi) is 5.71. The minimum Gasteiger partial charge on any atom is -0.372 e. The van der Waals surface area contributed by atoms with Gasteiger partial charge in [0.15, 0.2) is 0 Å². The van der Waals surface area contributed by atoms with E-state index in [1.54, 1.807) is 13.0 Å². The van der Waals surface area contributed by atoms with Gasteiger partial charge in [0.1, 0.15) is 10.5 Å². The number of aromatic nitrogens is 2. The SMILES string of the molecule is C=CCn1ncc(NC(C)C(=O)NC(C)(C)C)c(Br)c1=O. The smallest absolute Gasteiger partial charge is 0.283 e. The number of rotatable bonds is 5. The molecule has 7 heteroatoms. The molecule has 0 aliphatic rings. The van der Waals surface area contributed by atoms with Gasteiger partial charge < -0.3 is 10.6 Å². The lowest BCUT2D eigenvalue weighted by Gasteiger charge is -2.24. The Labute approximate surface area is 132 Å². The highest BCUT2D eigenvalue weighted by Crippen LogP contribution is 2.17. The number of nitrogens with one attached hydrogen (secondary N) is 2. The van der Waals surface area contributed by atoms with Gasteiger partial charge in [-0.2, -0.15) is 5.10 Å². The molecule has 2 N–H and O–H groups in total. The van der Waals surface area contributed by atoms with Crippen LogP contribution in [-0.2, 0) is 11.3 Å². The number of hydrogen-bond acceptors (Lipinski definition) is 4. The van der Waals surface area contributed by atoms with Crippen molar-refractivity contribution >= 4 is 27.5 Å². The van der Waals surface area contributed by atoms with E-state index in [4.69, 9.17) is 0 Å². The number of anilines is 1. The molecule has 0 saturated carbocycles. The normalized spacial score (nSPS) is 12.6. The number of carbonyl (C=O) groups is 1. The zero-order chi connectivity index (χ0) is 16.2. The Hall–Kier alpha value is -1.63. The van der Waals surface area contributed by atoms with Crippen LogP contribution in [0.1, 0.15) is 27.7 Å². The highest BCUT2D eigenvalue weighted by molar-refractivity contribution is 9.10. The number of carbonyl (C=O) groups excluding carboxylic acids is 1. The molecule has 21 heavy (non-hydrogen) atoms. The van der Waals surface area contributed by atoms with Crippen LogP contribution in [0.2, 0.25) is 0 Å². The number of hydrogen-bond donors (Lipinski definition) is 2. The molecule has 1 heterocycles. The third kappa shape index (κ3) is 5.00. The Bertz CT molecular complexity index is 590. The molecule has 1 unspecified atom stereocenters. The third-order valence-corrected chi connectivity index (χ3v) is 3.32. The first-order valence-electron chi connectivity index (χ1n) is 6.61. The van der Waals surface area contributed by atoms with Crippen molar-refractivity contribution in [2.75, 3.05) is 5.32 Å². The van der Waals surface area contributed by atoms with E-state index in [1.807, 2.05) is 20.8 Å². The van der Waals surface area contributed by atoms with Crippen molar-refractivity contribution in [3.05, 3.63) is 33.7 Å². The molecule has 116 valence electrons. The van der Waals surface area contributed by atoms with E-state index in [2.05, 4.69) is 38.2 Å². The third-order valence-electron chi connectivity index (χ3n) is 2.55. The van der Waals surface area contributed by atoms with Crippen molar-refractivity contribution in [2.24, 2.45) is 0 Å². The number of amides is 1. The predicted octanol–water partition coefficient (Wildman–Crippen LogP) is 1.91. The summed E-state index contributed by atoms with van der Waals surface area (Å²) in [7, 11) is 0. The van der Waals surface area contributed by atoms with E-state index in [0.717, 1.165) is 0 Å². The van der Waals surface area contributed by atoms with Gasteiger partial charge in [-0.25, -0.2) is 4.68 Å². The molecule has 1 rings (SSSR count). The lowest BCUT2D eigenvalue weighted by Crippen LogP contribution is -2.47. The maximum Gasteiger partial charge on any atom is 0.283 e. The molecule has 0 aliphatic carbocycles. The van der Waals surface area contributed by atoms with Crippen LogP contribution < -0.4 is 16.2 Å². The molecule has 0 spiro atoms. The first-order valence-corrected chi connectivity index (χ1v) is 7.40. The van der Waals surface area contributed by atoms with Crippen LogP contribution in [0, 0.1) is 0 Å². The van der Waals surface area contributed by atoms with Gasteiger partial charge in [0.25, 0.3) is 5.56 Å². The van der Waals surface area contributed by atoms with Gasteiger partial charge in [-0.05, 0) is 43.6 Å². The van der Waals surface area contributed by atoms with Crippen LogP contribution in [0.5, 0.6) is 0 Å². The van der Waals surface area contributed by atoms with Gasteiger partial charge in [0, 0.05) is 5.54 Å². The summed E-state index contributed by atoms with van der Waals surface area (Å²) < 4.78 is 1.62. The zero-order valence-corrected chi connectivity index (χ0v) is 14.3. The summed E-state index contributed by atoms with van der Waals surface area (Å²) in [5.41, 5.74) is -0.101. The van der Waals surface area contributed by atoms with Crippen LogP contribution in [-0.4, -0.2) is 27.3 Å². The van der Waals surface area contributed by atoms with Gasteiger partial charge in [-0.1, -0.05) is 6.08 Å². The van der Waals surface area contributed by atoms with Crippen LogP contribution in [0.15, 0.2) is 28.1 Å². The first kappa shape index (κ1) is 17.4. The Morgan fingerprint density at radius 2 is 2.19 bits per heavy atom. The van der Waals surface area contributed by atoms with Crippen LogP contribution in [0.4, 0.5) is 5.69 Å². The summed E-state index contributed by atoms with van der Waals surface area (Å²) in [5.74, 6) is -0.148. The fraction of sp³-hybridized carbons (Fsp3) is 0.500. The van der Waals surface area contributed by atoms with Crippen LogP contribution in [0.25, 0.3) is 0 Å². The largest absolute Gasteiger partial charge is 0.372 e.